The summed E-state index contributed by atoms with van der Waals surface area (Å²) < 4.78 is 5.05. The van der Waals surface area contributed by atoms with Crippen molar-refractivity contribution in [1.29, 1.82) is 0 Å². The molecule has 2 rings (SSSR count). The summed E-state index contributed by atoms with van der Waals surface area (Å²) in [5.74, 6) is -0.275. The van der Waals surface area contributed by atoms with Crippen LogP contribution in [0.5, 0.6) is 0 Å². The van der Waals surface area contributed by atoms with Crippen molar-refractivity contribution in [3.8, 4) is 0 Å². The number of hydrogen-bond acceptors (Lipinski definition) is 4. The van der Waals surface area contributed by atoms with E-state index in [1.165, 1.54) is 12.0 Å². The van der Waals surface area contributed by atoms with Crippen molar-refractivity contribution in [2.45, 2.75) is 25.2 Å². The molecule has 1 atom stereocenters. The van der Waals surface area contributed by atoms with E-state index < -0.39 is 5.41 Å². The highest BCUT2D eigenvalue weighted by atomic mass is 32.1. The van der Waals surface area contributed by atoms with E-state index in [4.69, 9.17) is 10.5 Å². The quantitative estimate of drug-likeness (QED) is 0.835. The largest absolute Gasteiger partial charge is 0.468 e. The molecule has 0 aliphatic carbocycles. The Balaban J connectivity index is 2.42. The maximum atomic E-state index is 12.4. The first-order valence-corrected chi connectivity index (χ1v) is 7.89. The van der Waals surface area contributed by atoms with E-state index in [0.29, 0.717) is 6.42 Å². The molecule has 0 aliphatic rings. The van der Waals surface area contributed by atoms with E-state index in [1.54, 1.807) is 11.3 Å². The molecular formula is C17H21NO2S. The second-order valence-electron chi connectivity index (χ2n) is 5.04. The second kappa shape index (κ2) is 6.87. The lowest BCUT2D eigenvalue weighted by Crippen LogP contribution is -2.45. The standard InChI is InChI=1S/C17H21NO2S/c1-3-14-9-10-15(21-14)11-17(12-18,16(19)20-2)13-7-5-4-6-8-13/h4-10H,3,11-12,18H2,1-2H3. The number of aryl methyl sites for hydroxylation is 1. The Morgan fingerprint density at radius 2 is 1.86 bits per heavy atom. The van der Waals surface area contributed by atoms with Crippen LogP contribution in [0.25, 0.3) is 0 Å². The highest BCUT2D eigenvalue weighted by Gasteiger charge is 2.40. The summed E-state index contributed by atoms with van der Waals surface area (Å²) in [6.45, 7) is 2.35. The van der Waals surface area contributed by atoms with Crippen molar-refractivity contribution >= 4 is 17.3 Å². The van der Waals surface area contributed by atoms with Gasteiger partial charge in [-0.05, 0) is 24.1 Å². The molecule has 1 aromatic heterocycles. The molecule has 21 heavy (non-hydrogen) atoms. The first kappa shape index (κ1) is 15.7. The maximum Gasteiger partial charge on any atom is 0.317 e. The molecule has 112 valence electrons. The molecule has 3 nitrogen and oxygen atoms in total. The van der Waals surface area contributed by atoms with Gasteiger partial charge in [0.15, 0.2) is 0 Å². The fraction of sp³-hybridized carbons (Fsp3) is 0.353. The van der Waals surface area contributed by atoms with Gasteiger partial charge in [0.25, 0.3) is 0 Å². The molecule has 0 fully saturated rings. The monoisotopic (exact) mass is 303 g/mol. The van der Waals surface area contributed by atoms with Crippen LogP contribution < -0.4 is 5.73 Å². The van der Waals surface area contributed by atoms with E-state index in [9.17, 15) is 4.79 Å². The minimum Gasteiger partial charge on any atom is -0.468 e. The van der Waals surface area contributed by atoms with Crippen molar-refractivity contribution in [3.05, 3.63) is 57.8 Å². The average molecular weight is 303 g/mol. The number of hydrogen-bond donors (Lipinski definition) is 1. The Kier molecular flexibility index (Phi) is 5.15. The summed E-state index contributed by atoms with van der Waals surface area (Å²) in [7, 11) is 1.42. The Bertz CT molecular complexity index is 594. The zero-order valence-corrected chi connectivity index (χ0v) is 13.3. The fourth-order valence-corrected chi connectivity index (χ4v) is 3.59. The van der Waals surface area contributed by atoms with Crippen LogP contribution in [0.4, 0.5) is 0 Å². The first-order valence-electron chi connectivity index (χ1n) is 7.08. The van der Waals surface area contributed by atoms with Crippen molar-refractivity contribution < 1.29 is 9.53 Å². The van der Waals surface area contributed by atoms with Crippen LogP contribution in [-0.2, 0) is 27.8 Å². The van der Waals surface area contributed by atoms with Crippen LogP contribution in [0.1, 0.15) is 22.2 Å². The molecule has 0 bridgehead atoms. The minimum atomic E-state index is -0.814. The molecule has 2 aromatic rings. The highest BCUT2D eigenvalue weighted by molar-refractivity contribution is 7.12. The van der Waals surface area contributed by atoms with E-state index in [1.807, 2.05) is 30.3 Å². The summed E-state index contributed by atoms with van der Waals surface area (Å²) in [6.07, 6.45) is 1.58. The Morgan fingerprint density at radius 3 is 2.38 bits per heavy atom. The Morgan fingerprint density at radius 1 is 1.19 bits per heavy atom. The second-order valence-corrected chi connectivity index (χ2v) is 6.30. The van der Waals surface area contributed by atoms with Crippen molar-refractivity contribution in [1.82, 2.24) is 0 Å². The van der Waals surface area contributed by atoms with Gasteiger partial charge in [0.2, 0.25) is 0 Å². The van der Waals surface area contributed by atoms with Gasteiger partial charge >= 0.3 is 5.97 Å². The van der Waals surface area contributed by atoms with Gasteiger partial charge < -0.3 is 10.5 Å². The predicted molar refractivity (Wildman–Crippen MR) is 86.6 cm³/mol. The summed E-state index contributed by atoms with van der Waals surface area (Å²) in [6, 6.07) is 13.9. The topological polar surface area (TPSA) is 52.3 Å². The van der Waals surface area contributed by atoms with Gasteiger partial charge in [-0.15, -0.1) is 11.3 Å². The van der Waals surface area contributed by atoms with E-state index in [-0.39, 0.29) is 12.5 Å². The van der Waals surface area contributed by atoms with Gasteiger partial charge in [-0.3, -0.25) is 4.79 Å². The normalized spacial score (nSPS) is 13.7. The molecule has 2 N–H and O–H groups in total. The summed E-state index contributed by atoms with van der Waals surface area (Å²) >= 11 is 1.73. The van der Waals surface area contributed by atoms with Crippen LogP contribution in [0.15, 0.2) is 42.5 Å². The van der Waals surface area contributed by atoms with Crippen LogP contribution in [0, 0.1) is 0 Å². The first-order chi connectivity index (χ1) is 10.2. The molecule has 0 aliphatic heterocycles. The minimum absolute atomic E-state index is 0.225. The van der Waals surface area contributed by atoms with Crippen LogP contribution in [0.2, 0.25) is 0 Å². The molecule has 0 amide bonds. The maximum absolute atomic E-state index is 12.4. The SMILES string of the molecule is CCc1ccc(CC(CN)(C(=O)OC)c2ccccc2)s1. The average Bonchev–Trinajstić information content (AvgIpc) is 3.00. The summed E-state index contributed by atoms with van der Waals surface area (Å²) in [4.78, 5) is 14.9. The third-order valence-electron chi connectivity index (χ3n) is 3.79. The van der Waals surface area contributed by atoms with E-state index in [2.05, 4.69) is 19.1 Å². The number of ether oxygens (including phenoxy) is 1. The van der Waals surface area contributed by atoms with E-state index in [0.717, 1.165) is 16.9 Å². The molecule has 1 unspecified atom stereocenters. The number of methoxy groups -OCH3 is 1. The lowest BCUT2D eigenvalue weighted by Gasteiger charge is -2.29. The smallest absolute Gasteiger partial charge is 0.317 e. The molecule has 0 saturated heterocycles. The summed E-state index contributed by atoms with van der Waals surface area (Å²) in [5, 5.41) is 0. The predicted octanol–water partition coefficient (Wildman–Crippen LogP) is 2.92. The van der Waals surface area contributed by atoms with Gasteiger partial charge in [0, 0.05) is 22.7 Å². The number of thiophene rings is 1. The number of rotatable bonds is 6. The summed E-state index contributed by atoms with van der Waals surface area (Å²) in [5.41, 5.74) is 6.10. The van der Waals surface area contributed by atoms with E-state index >= 15 is 0 Å². The molecule has 0 radical (unpaired) electrons. The molecule has 1 heterocycles. The van der Waals surface area contributed by atoms with Crippen LogP contribution in [0.3, 0.4) is 0 Å². The molecule has 1 aromatic carbocycles. The van der Waals surface area contributed by atoms with Gasteiger partial charge in [-0.2, -0.15) is 0 Å². The van der Waals surface area contributed by atoms with Crippen LogP contribution in [-0.4, -0.2) is 19.6 Å². The lowest BCUT2D eigenvalue weighted by molar-refractivity contribution is -0.147. The van der Waals surface area contributed by atoms with Crippen molar-refractivity contribution in [2.24, 2.45) is 5.73 Å². The number of benzene rings is 1. The molecular weight excluding hydrogens is 282 g/mol. The zero-order valence-electron chi connectivity index (χ0n) is 12.5. The zero-order chi connectivity index (χ0) is 15.3. The third kappa shape index (κ3) is 3.17. The van der Waals surface area contributed by atoms with Gasteiger partial charge in [-0.1, -0.05) is 37.3 Å². The Labute approximate surface area is 129 Å². The fourth-order valence-electron chi connectivity index (χ4n) is 2.52. The Hall–Kier alpha value is -1.65. The van der Waals surface area contributed by atoms with Gasteiger partial charge in [0.05, 0.1) is 7.11 Å². The van der Waals surface area contributed by atoms with Crippen molar-refractivity contribution in [2.75, 3.05) is 13.7 Å². The van der Waals surface area contributed by atoms with Crippen LogP contribution >= 0.6 is 11.3 Å². The number of carbonyl (C=O) groups is 1. The van der Waals surface area contributed by atoms with Crippen molar-refractivity contribution in [3.63, 3.8) is 0 Å². The number of nitrogens with two attached hydrogens (primary N) is 1. The lowest BCUT2D eigenvalue weighted by atomic mass is 9.77. The third-order valence-corrected chi connectivity index (χ3v) is 5.02. The highest BCUT2D eigenvalue weighted by Crippen LogP contribution is 2.32. The molecule has 0 saturated carbocycles. The van der Waals surface area contributed by atoms with Gasteiger partial charge in [0.1, 0.15) is 5.41 Å². The number of carbonyl (C=O) groups excluding carboxylic acids is 1. The molecule has 0 spiro atoms. The number of esters is 1. The molecule has 4 heteroatoms. The van der Waals surface area contributed by atoms with Gasteiger partial charge in [-0.25, -0.2) is 0 Å².